The third kappa shape index (κ3) is 3.63. The zero-order valence-corrected chi connectivity index (χ0v) is 21.4. The molecule has 0 radical (unpaired) electrons. The van der Waals surface area contributed by atoms with E-state index >= 15 is 0 Å². The molecule has 0 saturated heterocycles. The molecule has 8 heteroatoms. The molecule has 2 aromatic heterocycles. The quantitative estimate of drug-likeness (QED) is 0.282. The van der Waals surface area contributed by atoms with Gasteiger partial charge in [0, 0.05) is 22.7 Å². The van der Waals surface area contributed by atoms with Gasteiger partial charge < -0.3 is 19.1 Å². The topological polar surface area (TPSA) is 103 Å². The first-order chi connectivity index (χ1) is 18.3. The van der Waals surface area contributed by atoms with Crippen molar-refractivity contribution in [2.24, 2.45) is 4.99 Å². The molecule has 1 N–H and O–H groups in total. The van der Waals surface area contributed by atoms with E-state index < -0.39 is 11.6 Å². The number of fused-ring (bicyclic) bond motifs is 5. The number of hydrogen-bond donors (Lipinski definition) is 1. The molecule has 0 spiro atoms. The van der Waals surface area contributed by atoms with Crippen molar-refractivity contribution >= 4 is 28.8 Å². The van der Waals surface area contributed by atoms with Gasteiger partial charge in [-0.2, -0.15) is 0 Å². The van der Waals surface area contributed by atoms with E-state index in [1.54, 1.807) is 24.8 Å². The second-order valence-corrected chi connectivity index (χ2v) is 9.77. The fourth-order valence-corrected chi connectivity index (χ4v) is 5.56. The van der Waals surface area contributed by atoms with Crippen LogP contribution in [-0.2, 0) is 28.3 Å². The first-order valence-electron chi connectivity index (χ1n) is 12.6. The third-order valence-electron chi connectivity index (χ3n) is 7.71. The number of aromatic nitrogens is 2. The van der Waals surface area contributed by atoms with Crippen molar-refractivity contribution in [1.29, 1.82) is 0 Å². The van der Waals surface area contributed by atoms with Crippen molar-refractivity contribution in [3.05, 3.63) is 86.7 Å². The molecule has 0 bridgehead atoms. The van der Waals surface area contributed by atoms with Gasteiger partial charge in [-0.1, -0.05) is 25.1 Å². The van der Waals surface area contributed by atoms with E-state index in [0.717, 1.165) is 39.0 Å². The molecule has 1 atom stereocenters. The summed E-state index contributed by atoms with van der Waals surface area (Å²) in [6.45, 7) is 4.01. The summed E-state index contributed by atoms with van der Waals surface area (Å²) in [5, 5.41) is 12.3. The Kier molecular flexibility index (Phi) is 5.65. The second kappa shape index (κ2) is 8.92. The number of para-hydroxylation sites is 1. The SMILES string of the molecule is CC[C@]1(O)CC(=O)OCc2c1cc1n(c2=O)Cc2c-1nc1cccc(N=Cc3ccccc3OC)c1c2C. The lowest BCUT2D eigenvalue weighted by molar-refractivity contribution is -0.149. The van der Waals surface area contributed by atoms with E-state index in [0.29, 0.717) is 29.1 Å². The number of rotatable bonds is 4. The number of hydrogen-bond acceptors (Lipinski definition) is 7. The van der Waals surface area contributed by atoms with Crippen molar-refractivity contribution in [3.63, 3.8) is 0 Å². The molecule has 2 aliphatic rings. The lowest BCUT2D eigenvalue weighted by Crippen LogP contribution is -2.32. The van der Waals surface area contributed by atoms with Crippen LogP contribution in [0.4, 0.5) is 5.69 Å². The van der Waals surface area contributed by atoms with Crippen molar-refractivity contribution < 1.29 is 19.4 Å². The monoisotopic (exact) mass is 509 g/mol. The molecule has 0 saturated carbocycles. The Bertz CT molecular complexity index is 1720. The number of aryl methyl sites for hydroxylation is 1. The summed E-state index contributed by atoms with van der Waals surface area (Å²) in [6, 6.07) is 15.3. The van der Waals surface area contributed by atoms with Crippen LogP contribution in [0, 0.1) is 6.92 Å². The molecule has 2 aliphatic heterocycles. The fraction of sp³-hybridized carbons (Fsp3) is 0.267. The summed E-state index contributed by atoms with van der Waals surface area (Å²) in [5.41, 5.74) is 4.70. The number of cyclic esters (lactones) is 1. The predicted octanol–water partition coefficient (Wildman–Crippen LogP) is 4.54. The number of aliphatic imine (C=N–C) groups is 1. The van der Waals surface area contributed by atoms with Crippen LogP contribution < -0.4 is 10.3 Å². The maximum absolute atomic E-state index is 13.6. The van der Waals surface area contributed by atoms with E-state index in [9.17, 15) is 14.7 Å². The number of aliphatic hydroxyl groups is 1. The Balaban J connectivity index is 1.51. The maximum atomic E-state index is 13.6. The Morgan fingerprint density at radius 3 is 2.79 bits per heavy atom. The van der Waals surface area contributed by atoms with Crippen molar-refractivity contribution in [2.45, 2.75) is 45.4 Å². The first kappa shape index (κ1) is 24.1. The number of pyridine rings is 2. The van der Waals surface area contributed by atoms with Gasteiger partial charge in [0.2, 0.25) is 0 Å². The highest BCUT2D eigenvalue weighted by molar-refractivity contribution is 5.98. The van der Waals surface area contributed by atoms with Crippen LogP contribution in [-0.4, -0.2) is 34.0 Å². The minimum atomic E-state index is -1.47. The summed E-state index contributed by atoms with van der Waals surface area (Å²) in [7, 11) is 1.63. The standard InChI is InChI=1S/C30H27N3O5/c1-4-30(36)13-26(34)38-16-20-21(30)12-24-28-19(15-33(24)29(20)35)17(2)27-22(9-7-10-23(27)32-28)31-14-18-8-5-6-11-25(18)37-3/h5-12,14,36H,4,13,15-16H2,1-3H3/t30-/m0/s1. The highest BCUT2D eigenvalue weighted by Crippen LogP contribution is 2.41. The van der Waals surface area contributed by atoms with Gasteiger partial charge in [0.05, 0.1) is 48.2 Å². The van der Waals surface area contributed by atoms with Gasteiger partial charge in [-0.15, -0.1) is 0 Å². The second-order valence-electron chi connectivity index (χ2n) is 9.77. The number of carbonyl (C=O) groups excluding carboxylic acids is 1. The molecule has 192 valence electrons. The summed E-state index contributed by atoms with van der Waals surface area (Å²) in [4.78, 5) is 35.5. The Morgan fingerprint density at radius 2 is 2.00 bits per heavy atom. The van der Waals surface area contributed by atoms with Gasteiger partial charge in [0.15, 0.2) is 0 Å². The van der Waals surface area contributed by atoms with Gasteiger partial charge in [0.1, 0.15) is 18.0 Å². The van der Waals surface area contributed by atoms with Crippen LogP contribution in [0.2, 0.25) is 0 Å². The zero-order chi connectivity index (χ0) is 26.6. The minimum absolute atomic E-state index is 0.151. The van der Waals surface area contributed by atoms with Gasteiger partial charge in [-0.3, -0.25) is 14.6 Å². The smallest absolute Gasteiger partial charge is 0.309 e. The molecule has 0 amide bonds. The number of carbonyl (C=O) groups is 1. The van der Waals surface area contributed by atoms with Gasteiger partial charge in [0.25, 0.3) is 5.56 Å². The molecule has 6 rings (SSSR count). The fourth-order valence-electron chi connectivity index (χ4n) is 5.56. The number of methoxy groups -OCH3 is 1. The highest BCUT2D eigenvalue weighted by Gasteiger charge is 2.39. The van der Waals surface area contributed by atoms with Crippen LogP contribution >= 0.6 is 0 Å². The lowest BCUT2D eigenvalue weighted by Gasteiger charge is -2.26. The Labute approximate surface area is 219 Å². The van der Waals surface area contributed by atoms with E-state index in [1.165, 1.54) is 0 Å². The van der Waals surface area contributed by atoms with E-state index in [-0.39, 0.29) is 25.0 Å². The predicted molar refractivity (Wildman–Crippen MR) is 144 cm³/mol. The van der Waals surface area contributed by atoms with Gasteiger partial charge in [-0.05, 0) is 54.8 Å². The minimum Gasteiger partial charge on any atom is -0.496 e. The Morgan fingerprint density at radius 1 is 1.18 bits per heavy atom. The summed E-state index contributed by atoms with van der Waals surface area (Å²) >= 11 is 0. The van der Waals surface area contributed by atoms with E-state index in [4.69, 9.17) is 19.5 Å². The largest absolute Gasteiger partial charge is 0.496 e. The first-order valence-corrected chi connectivity index (χ1v) is 12.6. The summed E-state index contributed by atoms with van der Waals surface area (Å²) in [5.74, 6) is 0.219. The number of ether oxygens (including phenoxy) is 2. The molecular formula is C30H27N3O5. The van der Waals surface area contributed by atoms with E-state index in [2.05, 4.69) is 0 Å². The van der Waals surface area contributed by atoms with Crippen LogP contribution in [0.3, 0.4) is 0 Å². The molecular weight excluding hydrogens is 482 g/mol. The van der Waals surface area contributed by atoms with Crippen molar-refractivity contribution in [1.82, 2.24) is 9.55 Å². The number of esters is 1. The highest BCUT2D eigenvalue weighted by atomic mass is 16.5. The average Bonchev–Trinajstić information content (AvgIpc) is 3.24. The maximum Gasteiger partial charge on any atom is 0.309 e. The van der Waals surface area contributed by atoms with Crippen LogP contribution in [0.1, 0.15) is 47.6 Å². The summed E-state index contributed by atoms with van der Waals surface area (Å²) in [6.07, 6.45) is 1.87. The molecule has 38 heavy (non-hydrogen) atoms. The van der Waals surface area contributed by atoms with Gasteiger partial charge in [-0.25, -0.2) is 4.98 Å². The summed E-state index contributed by atoms with van der Waals surface area (Å²) < 4.78 is 12.4. The normalized spacial score (nSPS) is 18.2. The Hall–Kier alpha value is -4.30. The lowest BCUT2D eigenvalue weighted by atomic mass is 9.85. The van der Waals surface area contributed by atoms with Crippen molar-refractivity contribution in [3.8, 4) is 17.1 Å². The van der Waals surface area contributed by atoms with Crippen LogP contribution in [0.15, 0.2) is 58.3 Å². The number of benzene rings is 2. The molecule has 0 fully saturated rings. The molecule has 4 aromatic rings. The molecule has 2 aromatic carbocycles. The van der Waals surface area contributed by atoms with Gasteiger partial charge >= 0.3 is 5.97 Å². The van der Waals surface area contributed by atoms with E-state index in [1.807, 2.05) is 55.5 Å². The average molecular weight is 510 g/mol. The zero-order valence-electron chi connectivity index (χ0n) is 21.4. The van der Waals surface area contributed by atoms with Crippen LogP contribution in [0.5, 0.6) is 5.75 Å². The van der Waals surface area contributed by atoms with Crippen molar-refractivity contribution in [2.75, 3.05) is 7.11 Å². The third-order valence-corrected chi connectivity index (χ3v) is 7.71. The van der Waals surface area contributed by atoms with Crippen LogP contribution in [0.25, 0.3) is 22.3 Å². The molecule has 8 nitrogen and oxygen atoms in total. The molecule has 0 aliphatic carbocycles. The molecule has 4 heterocycles. The number of nitrogens with zero attached hydrogens (tertiary/aromatic N) is 3. The molecule has 0 unspecified atom stereocenters.